The lowest BCUT2D eigenvalue weighted by atomic mass is 9.69. The Labute approximate surface area is 108 Å². The van der Waals surface area contributed by atoms with E-state index in [9.17, 15) is 9.18 Å². The van der Waals surface area contributed by atoms with Crippen LogP contribution in [-0.2, 0) is 10.2 Å². The van der Waals surface area contributed by atoms with Gasteiger partial charge in [-0.1, -0.05) is 31.4 Å². The van der Waals surface area contributed by atoms with Gasteiger partial charge >= 0.3 is 0 Å². The standard InChI is InChI=1S/C15H20FNO/c1-12(18)17-11-15(9-3-2-4-10-15)13-5-7-14(16)8-6-13/h5-8H,2-4,9-11H2,1H3,(H,17,18). The first kappa shape index (κ1) is 13.1. The lowest BCUT2D eigenvalue weighted by molar-refractivity contribution is -0.119. The van der Waals surface area contributed by atoms with E-state index in [1.165, 1.54) is 31.4 Å². The Kier molecular flexibility index (Phi) is 4.00. The molecular weight excluding hydrogens is 229 g/mol. The van der Waals surface area contributed by atoms with Crippen molar-refractivity contribution >= 4 is 5.91 Å². The van der Waals surface area contributed by atoms with Crippen LogP contribution < -0.4 is 5.32 Å². The number of carbonyl (C=O) groups excluding carboxylic acids is 1. The third-order valence-corrected chi connectivity index (χ3v) is 3.94. The van der Waals surface area contributed by atoms with Crippen molar-refractivity contribution in [3.05, 3.63) is 35.6 Å². The van der Waals surface area contributed by atoms with Gasteiger partial charge in [-0.3, -0.25) is 4.79 Å². The molecule has 0 bridgehead atoms. The highest BCUT2D eigenvalue weighted by atomic mass is 19.1. The molecule has 0 aliphatic heterocycles. The number of nitrogens with one attached hydrogen (secondary N) is 1. The highest BCUT2D eigenvalue weighted by Gasteiger charge is 2.33. The SMILES string of the molecule is CC(=O)NCC1(c2ccc(F)cc2)CCCCC1. The first-order valence-corrected chi connectivity index (χ1v) is 6.63. The van der Waals surface area contributed by atoms with E-state index in [1.54, 1.807) is 6.92 Å². The Hall–Kier alpha value is -1.38. The minimum atomic E-state index is -0.204. The van der Waals surface area contributed by atoms with Gasteiger partial charge in [-0.25, -0.2) is 4.39 Å². The van der Waals surface area contributed by atoms with Crippen LogP contribution in [0.15, 0.2) is 24.3 Å². The van der Waals surface area contributed by atoms with Crippen LogP contribution in [0.4, 0.5) is 4.39 Å². The molecule has 2 rings (SSSR count). The molecule has 1 aliphatic rings. The average molecular weight is 249 g/mol. The summed E-state index contributed by atoms with van der Waals surface area (Å²) in [6.45, 7) is 2.20. The third kappa shape index (κ3) is 2.89. The van der Waals surface area contributed by atoms with E-state index < -0.39 is 0 Å². The zero-order valence-electron chi connectivity index (χ0n) is 10.8. The molecule has 3 heteroatoms. The molecule has 1 fully saturated rings. The number of hydrogen-bond donors (Lipinski definition) is 1. The summed E-state index contributed by atoms with van der Waals surface area (Å²) >= 11 is 0. The molecule has 0 spiro atoms. The van der Waals surface area contributed by atoms with Gasteiger partial charge in [0.15, 0.2) is 0 Å². The molecule has 0 atom stereocenters. The molecule has 1 aromatic rings. The fourth-order valence-corrected chi connectivity index (χ4v) is 2.89. The van der Waals surface area contributed by atoms with Crippen LogP contribution in [-0.4, -0.2) is 12.5 Å². The maximum Gasteiger partial charge on any atom is 0.216 e. The molecule has 0 radical (unpaired) electrons. The van der Waals surface area contributed by atoms with Crippen molar-refractivity contribution < 1.29 is 9.18 Å². The Bertz CT molecular complexity index is 407. The number of halogens is 1. The summed E-state index contributed by atoms with van der Waals surface area (Å²) in [5.74, 6) is -0.203. The Morgan fingerprint density at radius 2 is 1.83 bits per heavy atom. The zero-order valence-corrected chi connectivity index (χ0v) is 10.8. The van der Waals surface area contributed by atoms with E-state index in [2.05, 4.69) is 5.32 Å². The molecule has 0 heterocycles. The minimum absolute atomic E-state index is 0.00191. The third-order valence-electron chi connectivity index (χ3n) is 3.94. The molecule has 0 saturated heterocycles. The highest BCUT2D eigenvalue weighted by Crippen LogP contribution is 2.39. The Morgan fingerprint density at radius 3 is 2.39 bits per heavy atom. The van der Waals surface area contributed by atoms with Crippen LogP contribution in [0.25, 0.3) is 0 Å². The molecular formula is C15H20FNO. The maximum atomic E-state index is 13.0. The lowest BCUT2D eigenvalue weighted by Crippen LogP contribution is -2.41. The molecule has 1 aliphatic carbocycles. The van der Waals surface area contributed by atoms with Gasteiger partial charge in [-0.15, -0.1) is 0 Å². The topological polar surface area (TPSA) is 29.1 Å². The highest BCUT2D eigenvalue weighted by molar-refractivity contribution is 5.73. The predicted octanol–water partition coefficient (Wildman–Crippen LogP) is 3.16. The summed E-state index contributed by atoms with van der Waals surface area (Å²) in [5, 5.41) is 2.94. The first-order valence-electron chi connectivity index (χ1n) is 6.63. The number of rotatable bonds is 3. The van der Waals surface area contributed by atoms with Crippen molar-refractivity contribution in [2.75, 3.05) is 6.54 Å². The minimum Gasteiger partial charge on any atom is -0.355 e. The van der Waals surface area contributed by atoms with Gasteiger partial charge < -0.3 is 5.32 Å². The molecule has 1 amide bonds. The average Bonchev–Trinajstić information content (AvgIpc) is 2.38. The van der Waals surface area contributed by atoms with E-state index in [0.29, 0.717) is 6.54 Å². The van der Waals surface area contributed by atoms with Crippen LogP contribution in [0.3, 0.4) is 0 Å². The van der Waals surface area contributed by atoms with Crippen LogP contribution >= 0.6 is 0 Å². The van der Waals surface area contributed by atoms with Crippen molar-refractivity contribution in [2.45, 2.75) is 44.4 Å². The quantitative estimate of drug-likeness (QED) is 0.876. The number of carbonyl (C=O) groups is 1. The second kappa shape index (κ2) is 5.51. The largest absolute Gasteiger partial charge is 0.355 e. The van der Waals surface area contributed by atoms with Gasteiger partial charge in [0.05, 0.1) is 0 Å². The fraction of sp³-hybridized carbons (Fsp3) is 0.533. The molecule has 2 nitrogen and oxygen atoms in total. The summed E-state index contributed by atoms with van der Waals surface area (Å²) < 4.78 is 13.0. The van der Waals surface area contributed by atoms with Crippen LogP contribution in [0.1, 0.15) is 44.6 Å². The summed E-state index contributed by atoms with van der Waals surface area (Å²) in [7, 11) is 0. The van der Waals surface area contributed by atoms with Gasteiger partial charge in [-0.05, 0) is 30.5 Å². The fourth-order valence-electron chi connectivity index (χ4n) is 2.89. The summed E-state index contributed by atoms with van der Waals surface area (Å²) in [6.07, 6.45) is 5.74. The van der Waals surface area contributed by atoms with Gasteiger partial charge in [0.1, 0.15) is 5.82 Å². The Balaban J connectivity index is 2.22. The van der Waals surface area contributed by atoms with E-state index in [4.69, 9.17) is 0 Å². The molecule has 1 saturated carbocycles. The van der Waals surface area contributed by atoms with Crippen LogP contribution in [0.2, 0.25) is 0 Å². The number of amides is 1. The van der Waals surface area contributed by atoms with Crippen LogP contribution in [0.5, 0.6) is 0 Å². The van der Waals surface area contributed by atoms with Crippen molar-refractivity contribution in [1.82, 2.24) is 5.32 Å². The zero-order chi connectivity index (χ0) is 13.0. The molecule has 1 N–H and O–H groups in total. The summed E-state index contributed by atoms with van der Waals surface area (Å²) in [6, 6.07) is 6.75. The van der Waals surface area contributed by atoms with E-state index in [1.807, 2.05) is 12.1 Å². The van der Waals surface area contributed by atoms with Gasteiger partial charge in [-0.2, -0.15) is 0 Å². The van der Waals surface area contributed by atoms with E-state index in [0.717, 1.165) is 18.4 Å². The second-order valence-corrected chi connectivity index (χ2v) is 5.26. The van der Waals surface area contributed by atoms with E-state index >= 15 is 0 Å². The summed E-state index contributed by atoms with van der Waals surface area (Å²) in [4.78, 5) is 11.1. The first-order chi connectivity index (χ1) is 8.62. The van der Waals surface area contributed by atoms with Crippen molar-refractivity contribution in [3.8, 4) is 0 Å². The normalized spacial score (nSPS) is 18.3. The smallest absolute Gasteiger partial charge is 0.216 e. The number of hydrogen-bond acceptors (Lipinski definition) is 1. The van der Waals surface area contributed by atoms with Crippen molar-refractivity contribution in [3.63, 3.8) is 0 Å². The van der Waals surface area contributed by atoms with Gasteiger partial charge in [0, 0.05) is 18.9 Å². The van der Waals surface area contributed by atoms with Crippen LogP contribution in [0, 0.1) is 5.82 Å². The molecule has 98 valence electrons. The van der Waals surface area contributed by atoms with Crippen molar-refractivity contribution in [1.29, 1.82) is 0 Å². The number of benzene rings is 1. The Morgan fingerprint density at radius 1 is 1.22 bits per heavy atom. The predicted molar refractivity (Wildman–Crippen MR) is 69.8 cm³/mol. The summed E-state index contributed by atoms with van der Waals surface area (Å²) in [5.41, 5.74) is 1.15. The molecule has 1 aromatic carbocycles. The maximum absolute atomic E-state index is 13.0. The van der Waals surface area contributed by atoms with E-state index in [-0.39, 0.29) is 17.1 Å². The molecule has 0 aromatic heterocycles. The van der Waals surface area contributed by atoms with Crippen molar-refractivity contribution in [2.24, 2.45) is 0 Å². The monoisotopic (exact) mass is 249 g/mol. The van der Waals surface area contributed by atoms with Gasteiger partial charge in [0.25, 0.3) is 0 Å². The lowest BCUT2D eigenvalue weighted by Gasteiger charge is -2.38. The molecule has 0 unspecified atom stereocenters. The second-order valence-electron chi connectivity index (χ2n) is 5.26. The molecule has 18 heavy (non-hydrogen) atoms. The van der Waals surface area contributed by atoms with Gasteiger partial charge in [0.2, 0.25) is 5.91 Å².